The van der Waals surface area contributed by atoms with Gasteiger partial charge in [0.15, 0.2) is 6.10 Å². The molecule has 0 heterocycles. The molecule has 2 aromatic rings. The largest absolute Gasteiger partial charge is 0.497 e. The van der Waals surface area contributed by atoms with Crippen molar-refractivity contribution in [3.05, 3.63) is 65.2 Å². The van der Waals surface area contributed by atoms with Gasteiger partial charge in [0.05, 0.1) is 19.3 Å². The minimum atomic E-state index is -0.914. The van der Waals surface area contributed by atoms with Crippen LogP contribution in [-0.4, -0.2) is 30.2 Å². The topological polar surface area (TPSA) is 84.9 Å². The minimum absolute atomic E-state index is 0.0977. The van der Waals surface area contributed by atoms with Crippen molar-refractivity contribution in [2.45, 2.75) is 26.2 Å². The first-order chi connectivity index (χ1) is 12.0. The summed E-state index contributed by atoms with van der Waals surface area (Å²) < 4.78 is 10.2. The van der Waals surface area contributed by atoms with E-state index in [1.54, 1.807) is 43.5 Å². The van der Waals surface area contributed by atoms with E-state index in [1.807, 2.05) is 12.1 Å². The fourth-order valence-corrected chi connectivity index (χ4v) is 2.10. The summed E-state index contributed by atoms with van der Waals surface area (Å²) in [5.41, 5.74) is 1.93. The lowest BCUT2D eigenvalue weighted by molar-refractivity contribution is -0.129. The van der Waals surface area contributed by atoms with Crippen molar-refractivity contribution in [3.8, 4) is 5.75 Å². The van der Waals surface area contributed by atoms with Crippen LogP contribution in [0.1, 0.15) is 28.4 Å². The molecule has 132 valence electrons. The lowest BCUT2D eigenvalue weighted by Crippen LogP contribution is -2.35. The van der Waals surface area contributed by atoms with Crippen LogP contribution in [-0.2, 0) is 22.7 Å². The van der Waals surface area contributed by atoms with E-state index < -0.39 is 12.1 Å². The van der Waals surface area contributed by atoms with Crippen molar-refractivity contribution < 1.29 is 24.2 Å². The Bertz CT molecular complexity index is 710. The number of esters is 1. The summed E-state index contributed by atoms with van der Waals surface area (Å²) in [4.78, 5) is 24.1. The fraction of sp³-hybridized carbons (Fsp3) is 0.263. The van der Waals surface area contributed by atoms with Crippen LogP contribution in [0.5, 0.6) is 5.75 Å². The molecule has 0 fully saturated rings. The van der Waals surface area contributed by atoms with Gasteiger partial charge in [0.25, 0.3) is 5.91 Å². The maximum atomic E-state index is 12.1. The van der Waals surface area contributed by atoms with Gasteiger partial charge < -0.3 is 19.9 Å². The second-order valence-electron chi connectivity index (χ2n) is 5.47. The number of carbonyl (C=O) groups is 2. The summed E-state index contributed by atoms with van der Waals surface area (Å²) in [6, 6.07) is 13.7. The molecule has 2 rings (SSSR count). The number of hydrogen-bond acceptors (Lipinski definition) is 5. The summed E-state index contributed by atoms with van der Waals surface area (Å²) in [6.45, 7) is 1.75. The Kier molecular flexibility index (Phi) is 6.54. The first-order valence-corrected chi connectivity index (χ1v) is 7.85. The zero-order valence-electron chi connectivity index (χ0n) is 14.2. The van der Waals surface area contributed by atoms with Crippen molar-refractivity contribution in [1.82, 2.24) is 5.32 Å². The summed E-state index contributed by atoms with van der Waals surface area (Å²) in [5, 5.41) is 11.7. The first-order valence-electron chi connectivity index (χ1n) is 7.85. The third-order valence-electron chi connectivity index (χ3n) is 3.65. The second kappa shape index (κ2) is 8.84. The Morgan fingerprint density at radius 1 is 1.04 bits per heavy atom. The number of methoxy groups -OCH3 is 1. The molecule has 0 aliphatic heterocycles. The van der Waals surface area contributed by atoms with Crippen LogP contribution in [0.15, 0.2) is 48.5 Å². The van der Waals surface area contributed by atoms with Gasteiger partial charge in [-0.15, -0.1) is 0 Å². The maximum absolute atomic E-state index is 12.1. The fourth-order valence-electron chi connectivity index (χ4n) is 2.10. The Morgan fingerprint density at radius 2 is 1.64 bits per heavy atom. The molecule has 6 heteroatoms. The highest BCUT2D eigenvalue weighted by Gasteiger charge is 2.18. The molecule has 0 bridgehead atoms. The van der Waals surface area contributed by atoms with E-state index >= 15 is 0 Å². The molecule has 0 unspecified atom stereocenters. The van der Waals surface area contributed by atoms with Crippen LogP contribution in [0, 0.1) is 0 Å². The van der Waals surface area contributed by atoms with Gasteiger partial charge in [-0.1, -0.05) is 24.3 Å². The van der Waals surface area contributed by atoms with Gasteiger partial charge in [0.1, 0.15) is 5.75 Å². The Morgan fingerprint density at radius 3 is 2.20 bits per heavy atom. The normalized spacial score (nSPS) is 11.5. The zero-order valence-corrected chi connectivity index (χ0v) is 14.2. The summed E-state index contributed by atoms with van der Waals surface area (Å²) in [6.07, 6.45) is -0.914. The summed E-state index contributed by atoms with van der Waals surface area (Å²) in [7, 11) is 1.59. The van der Waals surface area contributed by atoms with Crippen molar-refractivity contribution in [2.24, 2.45) is 0 Å². The lowest BCUT2D eigenvalue weighted by Gasteiger charge is -2.14. The molecule has 6 nitrogen and oxygen atoms in total. The van der Waals surface area contributed by atoms with Crippen molar-refractivity contribution in [2.75, 3.05) is 7.11 Å². The minimum Gasteiger partial charge on any atom is -0.497 e. The Balaban J connectivity index is 1.84. The maximum Gasteiger partial charge on any atom is 0.338 e. The van der Waals surface area contributed by atoms with Crippen LogP contribution in [0.25, 0.3) is 0 Å². The van der Waals surface area contributed by atoms with Crippen LogP contribution in [0.3, 0.4) is 0 Å². The van der Waals surface area contributed by atoms with Crippen LogP contribution >= 0.6 is 0 Å². The predicted octanol–water partition coefficient (Wildman–Crippen LogP) is 2.05. The average molecular weight is 343 g/mol. The van der Waals surface area contributed by atoms with E-state index in [4.69, 9.17) is 14.6 Å². The number of ether oxygens (including phenoxy) is 2. The molecule has 2 aromatic carbocycles. The van der Waals surface area contributed by atoms with Crippen LogP contribution in [0.2, 0.25) is 0 Å². The van der Waals surface area contributed by atoms with Gasteiger partial charge in [-0.2, -0.15) is 0 Å². The van der Waals surface area contributed by atoms with Gasteiger partial charge in [0, 0.05) is 6.54 Å². The number of amides is 1. The molecular weight excluding hydrogens is 322 g/mol. The van der Waals surface area contributed by atoms with Crippen molar-refractivity contribution >= 4 is 11.9 Å². The quantitative estimate of drug-likeness (QED) is 0.752. The SMILES string of the molecule is COc1ccc(CNC(=O)[C@@H](C)OC(=O)c2ccc(CO)cc2)cc1. The van der Waals surface area contributed by atoms with Crippen LogP contribution < -0.4 is 10.1 Å². The highest BCUT2D eigenvalue weighted by Crippen LogP contribution is 2.11. The zero-order chi connectivity index (χ0) is 18.2. The van der Waals surface area contributed by atoms with Crippen LogP contribution in [0.4, 0.5) is 0 Å². The Labute approximate surface area is 146 Å². The molecule has 0 radical (unpaired) electrons. The molecule has 2 N–H and O–H groups in total. The number of carbonyl (C=O) groups excluding carboxylic acids is 2. The van der Waals surface area contributed by atoms with Gasteiger partial charge >= 0.3 is 5.97 Å². The number of nitrogens with one attached hydrogen (secondary N) is 1. The van der Waals surface area contributed by atoms with E-state index in [9.17, 15) is 9.59 Å². The van der Waals surface area contributed by atoms with E-state index in [-0.39, 0.29) is 12.5 Å². The number of aliphatic hydroxyl groups excluding tert-OH is 1. The second-order valence-corrected chi connectivity index (χ2v) is 5.47. The van der Waals surface area contributed by atoms with Gasteiger partial charge in [0.2, 0.25) is 0 Å². The van der Waals surface area contributed by atoms with E-state index in [1.165, 1.54) is 6.92 Å². The molecule has 0 saturated heterocycles. The molecule has 25 heavy (non-hydrogen) atoms. The number of hydrogen-bond donors (Lipinski definition) is 2. The van der Waals surface area contributed by atoms with Gasteiger partial charge in [-0.3, -0.25) is 4.79 Å². The first kappa shape index (κ1) is 18.5. The molecule has 0 aromatic heterocycles. The average Bonchev–Trinajstić information content (AvgIpc) is 2.66. The number of aliphatic hydroxyl groups is 1. The molecule has 0 aliphatic carbocycles. The molecule has 0 spiro atoms. The lowest BCUT2D eigenvalue weighted by atomic mass is 10.1. The number of rotatable bonds is 7. The third kappa shape index (κ3) is 5.32. The highest BCUT2D eigenvalue weighted by atomic mass is 16.5. The Hall–Kier alpha value is -2.86. The molecule has 1 amide bonds. The standard InChI is InChI=1S/C19H21NO5/c1-13(25-19(23)16-7-3-15(12-21)4-8-16)18(22)20-11-14-5-9-17(24-2)10-6-14/h3-10,13,21H,11-12H2,1-2H3,(H,20,22)/t13-/m1/s1. The summed E-state index contributed by atoms with van der Waals surface area (Å²) in [5.74, 6) is -0.225. The van der Waals surface area contributed by atoms with E-state index in [0.29, 0.717) is 17.7 Å². The molecule has 0 aliphatic rings. The van der Waals surface area contributed by atoms with Gasteiger partial charge in [-0.25, -0.2) is 4.79 Å². The number of benzene rings is 2. The molecule has 1 atom stereocenters. The third-order valence-corrected chi connectivity index (χ3v) is 3.65. The van der Waals surface area contributed by atoms with E-state index in [0.717, 1.165) is 11.3 Å². The predicted molar refractivity (Wildman–Crippen MR) is 92.1 cm³/mol. The van der Waals surface area contributed by atoms with E-state index in [2.05, 4.69) is 5.32 Å². The van der Waals surface area contributed by atoms with Crippen molar-refractivity contribution in [3.63, 3.8) is 0 Å². The smallest absolute Gasteiger partial charge is 0.338 e. The van der Waals surface area contributed by atoms with Gasteiger partial charge in [-0.05, 0) is 42.3 Å². The molecule has 0 saturated carbocycles. The summed E-state index contributed by atoms with van der Waals surface area (Å²) >= 11 is 0. The highest BCUT2D eigenvalue weighted by molar-refractivity contribution is 5.92. The molecular formula is C19H21NO5. The monoisotopic (exact) mass is 343 g/mol. The van der Waals surface area contributed by atoms with Crippen molar-refractivity contribution in [1.29, 1.82) is 0 Å².